The van der Waals surface area contributed by atoms with Gasteiger partial charge in [0.05, 0.1) is 17.3 Å². The van der Waals surface area contributed by atoms with Crippen LogP contribution < -0.4 is 0 Å². The number of benzene rings is 1. The highest BCUT2D eigenvalue weighted by Crippen LogP contribution is 2.49. The molecule has 0 saturated heterocycles. The number of carbonyl (C=O) groups excluding carboxylic acids is 1. The Morgan fingerprint density at radius 3 is 2.50 bits per heavy atom. The summed E-state index contributed by atoms with van der Waals surface area (Å²) in [5.41, 5.74) is 0.279. The molecule has 1 spiro atoms. The van der Waals surface area contributed by atoms with E-state index in [0.717, 1.165) is 0 Å². The van der Waals surface area contributed by atoms with E-state index < -0.39 is 23.2 Å². The fraction of sp³-hybridized carbons (Fsp3) is 0.238. The van der Waals surface area contributed by atoms with E-state index in [4.69, 9.17) is 0 Å². The number of aromatic nitrogens is 1. The molecule has 1 aromatic carbocycles. The number of hydrogen-bond acceptors (Lipinski definition) is 4. The molecule has 0 bridgehead atoms. The summed E-state index contributed by atoms with van der Waals surface area (Å²) < 4.78 is 29.6. The molecule has 1 atom stereocenters. The third kappa shape index (κ3) is 2.38. The van der Waals surface area contributed by atoms with Crippen molar-refractivity contribution in [2.24, 2.45) is 9.98 Å². The van der Waals surface area contributed by atoms with Crippen LogP contribution in [0, 0.1) is 23.5 Å². The highest BCUT2D eigenvalue weighted by atomic mass is 19.1. The molecule has 1 unspecified atom stereocenters. The predicted octanol–water partition coefficient (Wildman–Crippen LogP) is 2.68. The van der Waals surface area contributed by atoms with Crippen molar-refractivity contribution in [3.63, 3.8) is 0 Å². The topological polar surface area (TPSA) is 57.9 Å². The summed E-state index contributed by atoms with van der Waals surface area (Å²) >= 11 is 0. The van der Waals surface area contributed by atoms with Crippen molar-refractivity contribution in [1.82, 2.24) is 9.88 Å². The SMILES string of the molecule is CC1C(c2c(F)cc(C#Cc3cccnc3)cc2F)=NC2=NC(=O)C3(CC3)N21. The molecule has 3 aliphatic rings. The Labute approximate surface area is 159 Å². The minimum atomic E-state index is -0.737. The van der Waals surface area contributed by atoms with Gasteiger partial charge in [-0.1, -0.05) is 11.8 Å². The second-order valence-electron chi connectivity index (χ2n) is 7.10. The van der Waals surface area contributed by atoms with Crippen LogP contribution in [0.25, 0.3) is 0 Å². The van der Waals surface area contributed by atoms with Crippen LogP contribution in [0.2, 0.25) is 0 Å². The Morgan fingerprint density at radius 1 is 1.14 bits per heavy atom. The summed E-state index contributed by atoms with van der Waals surface area (Å²) in [5, 5.41) is 0. The van der Waals surface area contributed by atoms with Crippen LogP contribution in [-0.4, -0.2) is 39.0 Å². The van der Waals surface area contributed by atoms with Gasteiger partial charge in [0, 0.05) is 23.5 Å². The third-order valence-electron chi connectivity index (χ3n) is 5.31. The number of rotatable bonds is 1. The van der Waals surface area contributed by atoms with Crippen LogP contribution in [0.15, 0.2) is 46.6 Å². The maximum absolute atomic E-state index is 14.8. The summed E-state index contributed by atoms with van der Waals surface area (Å²) in [6.07, 6.45) is 4.59. The average molecular weight is 376 g/mol. The molecule has 3 heterocycles. The van der Waals surface area contributed by atoms with Gasteiger partial charge in [0.2, 0.25) is 5.96 Å². The number of fused-ring (bicyclic) bond motifs is 2. The second kappa shape index (κ2) is 5.80. The number of hydrogen-bond donors (Lipinski definition) is 0. The van der Waals surface area contributed by atoms with E-state index in [0.29, 0.717) is 18.4 Å². The number of carbonyl (C=O) groups is 1. The van der Waals surface area contributed by atoms with Gasteiger partial charge in [-0.3, -0.25) is 9.78 Å². The first kappa shape index (κ1) is 16.8. The summed E-state index contributed by atoms with van der Waals surface area (Å²) in [6, 6.07) is 5.46. The highest BCUT2D eigenvalue weighted by molar-refractivity contribution is 6.21. The van der Waals surface area contributed by atoms with Crippen molar-refractivity contribution < 1.29 is 13.6 Å². The first-order chi connectivity index (χ1) is 13.5. The zero-order valence-corrected chi connectivity index (χ0v) is 14.9. The van der Waals surface area contributed by atoms with Crippen LogP contribution in [0.5, 0.6) is 0 Å². The van der Waals surface area contributed by atoms with Gasteiger partial charge in [-0.2, -0.15) is 4.99 Å². The number of aliphatic imine (C=N–C) groups is 2. The Balaban J connectivity index is 1.51. The van der Waals surface area contributed by atoms with Gasteiger partial charge in [0.15, 0.2) is 0 Å². The minimum Gasteiger partial charge on any atom is -0.318 e. The molecule has 138 valence electrons. The van der Waals surface area contributed by atoms with Gasteiger partial charge in [0.25, 0.3) is 5.91 Å². The highest BCUT2D eigenvalue weighted by Gasteiger charge is 2.63. The maximum Gasteiger partial charge on any atom is 0.274 e. The molecule has 2 aromatic rings. The molecule has 0 radical (unpaired) electrons. The van der Waals surface area contributed by atoms with E-state index in [1.165, 1.54) is 12.1 Å². The van der Waals surface area contributed by atoms with E-state index in [1.807, 2.05) is 0 Å². The summed E-state index contributed by atoms with van der Waals surface area (Å²) in [5.74, 6) is 4.15. The molecule has 1 saturated carbocycles. The molecule has 1 aromatic heterocycles. The molecule has 28 heavy (non-hydrogen) atoms. The second-order valence-corrected chi connectivity index (χ2v) is 7.10. The largest absolute Gasteiger partial charge is 0.318 e. The quantitative estimate of drug-likeness (QED) is 0.719. The lowest BCUT2D eigenvalue weighted by atomic mass is 10.00. The molecular weight excluding hydrogens is 362 g/mol. The molecule has 5 rings (SSSR count). The van der Waals surface area contributed by atoms with E-state index in [-0.39, 0.29) is 28.7 Å². The molecule has 7 heteroatoms. The predicted molar refractivity (Wildman–Crippen MR) is 98.8 cm³/mol. The normalized spacial score (nSPS) is 21.2. The number of amides is 1. The van der Waals surface area contributed by atoms with Crippen LogP contribution in [0.1, 0.15) is 36.5 Å². The zero-order chi connectivity index (χ0) is 19.5. The van der Waals surface area contributed by atoms with Gasteiger partial charge in [-0.15, -0.1) is 0 Å². The molecule has 2 aliphatic heterocycles. The van der Waals surface area contributed by atoms with Gasteiger partial charge in [-0.25, -0.2) is 13.8 Å². The van der Waals surface area contributed by atoms with Crippen molar-refractivity contribution in [3.05, 3.63) is 65.0 Å². The Bertz CT molecular complexity index is 1120. The molecule has 1 fully saturated rings. The molecular formula is C21H14F2N4O. The van der Waals surface area contributed by atoms with Crippen molar-refractivity contribution in [2.45, 2.75) is 31.3 Å². The average Bonchev–Trinajstić information content (AvgIpc) is 3.34. The lowest BCUT2D eigenvalue weighted by Gasteiger charge is -2.26. The summed E-state index contributed by atoms with van der Waals surface area (Å²) in [4.78, 5) is 26.1. The zero-order valence-electron chi connectivity index (χ0n) is 14.9. The monoisotopic (exact) mass is 376 g/mol. The van der Waals surface area contributed by atoms with Gasteiger partial charge >= 0.3 is 0 Å². The van der Waals surface area contributed by atoms with Crippen molar-refractivity contribution in [1.29, 1.82) is 0 Å². The standard InChI is InChI=1S/C21H14F2N4O/c1-12-18(25-20-26-19(28)21(6-7-21)27(12)20)17-15(22)9-14(10-16(17)23)5-4-13-3-2-8-24-11-13/h2-3,8-12H,6-7H2,1H3. The molecule has 1 amide bonds. The van der Waals surface area contributed by atoms with Crippen LogP contribution >= 0.6 is 0 Å². The number of guanidine groups is 1. The number of pyridine rings is 1. The van der Waals surface area contributed by atoms with E-state index in [9.17, 15) is 13.6 Å². The lowest BCUT2D eigenvalue weighted by Crippen LogP contribution is -2.45. The lowest BCUT2D eigenvalue weighted by molar-refractivity contribution is -0.121. The Kier molecular flexibility index (Phi) is 3.47. The minimum absolute atomic E-state index is 0.195. The first-order valence-electron chi connectivity index (χ1n) is 8.92. The number of halogens is 2. The van der Waals surface area contributed by atoms with Crippen molar-refractivity contribution >= 4 is 17.6 Å². The van der Waals surface area contributed by atoms with Crippen molar-refractivity contribution in [3.8, 4) is 11.8 Å². The molecule has 1 aliphatic carbocycles. The first-order valence-corrected chi connectivity index (χ1v) is 8.92. The third-order valence-corrected chi connectivity index (χ3v) is 5.31. The van der Waals surface area contributed by atoms with Crippen LogP contribution in [0.4, 0.5) is 8.78 Å². The molecule has 5 nitrogen and oxygen atoms in total. The van der Waals surface area contributed by atoms with Gasteiger partial charge in [0.1, 0.15) is 17.2 Å². The fourth-order valence-corrected chi connectivity index (χ4v) is 3.80. The Morgan fingerprint density at radius 2 is 1.86 bits per heavy atom. The van der Waals surface area contributed by atoms with E-state index >= 15 is 0 Å². The Hall–Kier alpha value is -3.40. The van der Waals surface area contributed by atoms with E-state index in [2.05, 4.69) is 26.8 Å². The summed E-state index contributed by atoms with van der Waals surface area (Å²) in [7, 11) is 0. The van der Waals surface area contributed by atoms with Crippen LogP contribution in [0.3, 0.4) is 0 Å². The van der Waals surface area contributed by atoms with Crippen LogP contribution in [-0.2, 0) is 4.79 Å². The maximum atomic E-state index is 14.8. The van der Waals surface area contributed by atoms with Gasteiger partial charge < -0.3 is 4.90 Å². The molecule has 0 N–H and O–H groups in total. The summed E-state index contributed by atoms with van der Waals surface area (Å²) in [6.45, 7) is 1.79. The smallest absolute Gasteiger partial charge is 0.274 e. The van der Waals surface area contributed by atoms with Crippen molar-refractivity contribution in [2.75, 3.05) is 0 Å². The van der Waals surface area contributed by atoms with Gasteiger partial charge in [-0.05, 0) is 44.0 Å². The van der Waals surface area contributed by atoms with E-state index in [1.54, 1.807) is 36.4 Å². The number of nitrogens with zero attached hydrogens (tertiary/aromatic N) is 4. The fourth-order valence-electron chi connectivity index (χ4n) is 3.80.